The van der Waals surface area contributed by atoms with E-state index in [9.17, 15) is 4.79 Å². The average Bonchev–Trinajstić information content (AvgIpc) is 2.38. The number of carbonyl (C=O) groups excluding carboxylic acids is 1. The van der Waals surface area contributed by atoms with Gasteiger partial charge >= 0.3 is 0 Å². The fraction of sp³-hybridized carbons (Fsp3) is 0.500. The van der Waals surface area contributed by atoms with Gasteiger partial charge in [-0.05, 0) is 30.5 Å². The van der Waals surface area contributed by atoms with Crippen LogP contribution in [0.1, 0.15) is 31.2 Å². The van der Waals surface area contributed by atoms with Gasteiger partial charge in [0.2, 0.25) is 5.91 Å². The van der Waals surface area contributed by atoms with Gasteiger partial charge in [0.05, 0.1) is 11.6 Å². The standard InChI is InChI=1S/C14H16ClNO2/c15-11-5-3-4-10(8-11)14-7-2-1-6-12(14)18-9-13(17)16-14/h3-5,8,12H,1-2,6-7,9H2,(H,16,17). The molecule has 1 N–H and O–H groups in total. The Morgan fingerprint density at radius 1 is 1.39 bits per heavy atom. The number of amides is 1. The van der Waals surface area contributed by atoms with E-state index in [1.54, 1.807) is 0 Å². The second-order valence-electron chi connectivity index (χ2n) is 5.08. The molecule has 96 valence electrons. The molecular weight excluding hydrogens is 250 g/mol. The van der Waals surface area contributed by atoms with Crippen molar-refractivity contribution in [2.24, 2.45) is 0 Å². The fourth-order valence-corrected chi connectivity index (χ4v) is 3.33. The predicted molar refractivity (Wildman–Crippen MR) is 69.5 cm³/mol. The lowest BCUT2D eigenvalue weighted by Gasteiger charge is -2.47. The van der Waals surface area contributed by atoms with Gasteiger partial charge in [0.25, 0.3) is 0 Å². The Hall–Kier alpha value is -1.06. The highest BCUT2D eigenvalue weighted by Crippen LogP contribution is 2.41. The van der Waals surface area contributed by atoms with Crippen LogP contribution in [-0.4, -0.2) is 18.6 Å². The molecule has 1 saturated carbocycles. The molecule has 1 saturated heterocycles. The number of benzene rings is 1. The molecule has 1 heterocycles. The summed E-state index contributed by atoms with van der Waals surface area (Å²) in [6.07, 6.45) is 4.24. The number of fused-ring (bicyclic) bond motifs is 1. The van der Waals surface area contributed by atoms with Crippen molar-refractivity contribution < 1.29 is 9.53 Å². The van der Waals surface area contributed by atoms with E-state index in [-0.39, 0.29) is 24.2 Å². The highest BCUT2D eigenvalue weighted by Gasteiger charge is 2.47. The molecule has 4 heteroatoms. The van der Waals surface area contributed by atoms with Crippen molar-refractivity contribution in [1.82, 2.24) is 5.32 Å². The highest BCUT2D eigenvalue weighted by molar-refractivity contribution is 6.30. The Morgan fingerprint density at radius 2 is 2.28 bits per heavy atom. The summed E-state index contributed by atoms with van der Waals surface area (Å²) < 4.78 is 5.74. The molecule has 0 aromatic heterocycles. The van der Waals surface area contributed by atoms with E-state index in [2.05, 4.69) is 5.32 Å². The zero-order chi connectivity index (χ0) is 12.6. The second kappa shape index (κ2) is 4.56. The normalized spacial score (nSPS) is 31.6. The van der Waals surface area contributed by atoms with Gasteiger partial charge in [-0.3, -0.25) is 4.79 Å². The molecule has 18 heavy (non-hydrogen) atoms. The molecule has 0 spiro atoms. The van der Waals surface area contributed by atoms with Gasteiger partial charge in [-0.25, -0.2) is 0 Å². The third-order valence-electron chi connectivity index (χ3n) is 3.95. The topological polar surface area (TPSA) is 38.3 Å². The number of halogens is 1. The van der Waals surface area contributed by atoms with E-state index in [0.717, 1.165) is 31.2 Å². The Bertz CT molecular complexity index is 477. The summed E-state index contributed by atoms with van der Waals surface area (Å²) in [6.45, 7) is 0.174. The van der Waals surface area contributed by atoms with Crippen LogP contribution >= 0.6 is 11.6 Å². The van der Waals surface area contributed by atoms with Gasteiger partial charge in [0.15, 0.2) is 0 Å². The first-order chi connectivity index (χ1) is 8.71. The third-order valence-corrected chi connectivity index (χ3v) is 4.19. The molecule has 1 aliphatic heterocycles. The number of ether oxygens (including phenoxy) is 1. The summed E-state index contributed by atoms with van der Waals surface area (Å²) in [7, 11) is 0. The number of morpholine rings is 1. The van der Waals surface area contributed by atoms with Gasteiger partial charge in [0.1, 0.15) is 6.61 Å². The number of rotatable bonds is 1. The molecule has 0 bridgehead atoms. The molecule has 2 fully saturated rings. The Morgan fingerprint density at radius 3 is 3.11 bits per heavy atom. The Labute approximate surface area is 111 Å². The lowest BCUT2D eigenvalue weighted by Crippen LogP contribution is -2.61. The lowest BCUT2D eigenvalue weighted by atomic mass is 9.73. The maximum atomic E-state index is 11.7. The van der Waals surface area contributed by atoms with Gasteiger partial charge in [-0.1, -0.05) is 36.6 Å². The SMILES string of the molecule is O=C1COC2CCCCC2(c2cccc(Cl)c2)N1. The van der Waals surface area contributed by atoms with E-state index in [1.165, 1.54) is 0 Å². The first-order valence-electron chi connectivity index (χ1n) is 6.39. The van der Waals surface area contributed by atoms with E-state index in [0.29, 0.717) is 5.02 Å². The van der Waals surface area contributed by atoms with Crippen molar-refractivity contribution in [2.75, 3.05) is 6.61 Å². The van der Waals surface area contributed by atoms with Gasteiger partial charge in [-0.2, -0.15) is 0 Å². The molecule has 1 aliphatic carbocycles. The van der Waals surface area contributed by atoms with Crippen LogP contribution in [0.2, 0.25) is 5.02 Å². The zero-order valence-corrected chi connectivity index (χ0v) is 10.9. The van der Waals surface area contributed by atoms with Gasteiger partial charge in [-0.15, -0.1) is 0 Å². The molecule has 1 amide bonds. The molecule has 3 nitrogen and oxygen atoms in total. The van der Waals surface area contributed by atoms with Crippen LogP contribution in [0.15, 0.2) is 24.3 Å². The van der Waals surface area contributed by atoms with Crippen LogP contribution in [0, 0.1) is 0 Å². The molecule has 0 radical (unpaired) electrons. The minimum atomic E-state index is -0.377. The highest BCUT2D eigenvalue weighted by atomic mass is 35.5. The molecular formula is C14H16ClNO2. The lowest BCUT2D eigenvalue weighted by molar-refractivity contribution is -0.148. The van der Waals surface area contributed by atoms with Crippen LogP contribution in [-0.2, 0) is 15.1 Å². The van der Waals surface area contributed by atoms with Crippen molar-refractivity contribution in [2.45, 2.75) is 37.3 Å². The Balaban J connectivity index is 2.04. The smallest absolute Gasteiger partial charge is 0.246 e. The summed E-state index contributed by atoms with van der Waals surface area (Å²) in [5, 5.41) is 3.85. The number of hydrogen-bond acceptors (Lipinski definition) is 2. The molecule has 2 atom stereocenters. The molecule has 2 unspecified atom stereocenters. The van der Waals surface area contributed by atoms with E-state index < -0.39 is 0 Å². The Kier molecular flexibility index (Phi) is 3.04. The fourth-order valence-electron chi connectivity index (χ4n) is 3.14. The minimum Gasteiger partial charge on any atom is -0.366 e. The maximum absolute atomic E-state index is 11.7. The van der Waals surface area contributed by atoms with E-state index >= 15 is 0 Å². The van der Waals surface area contributed by atoms with Crippen molar-refractivity contribution in [3.8, 4) is 0 Å². The van der Waals surface area contributed by atoms with Gasteiger partial charge < -0.3 is 10.1 Å². The second-order valence-corrected chi connectivity index (χ2v) is 5.51. The molecule has 3 rings (SSSR count). The van der Waals surface area contributed by atoms with Crippen LogP contribution in [0.4, 0.5) is 0 Å². The van der Waals surface area contributed by atoms with Crippen LogP contribution in [0.5, 0.6) is 0 Å². The molecule has 2 aliphatic rings. The quantitative estimate of drug-likeness (QED) is 0.848. The van der Waals surface area contributed by atoms with Crippen LogP contribution in [0.25, 0.3) is 0 Å². The first-order valence-corrected chi connectivity index (χ1v) is 6.77. The summed E-state index contributed by atoms with van der Waals surface area (Å²) >= 11 is 6.07. The molecule has 1 aromatic rings. The van der Waals surface area contributed by atoms with Gasteiger partial charge in [0, 0.05) is 5.02 Å². The predicted octanol–water partition coefficient (Wildman–Crippen LogP) is 2.62. The number of nitrogens with one attached hydrogen (secondary N) is 1. The summed E-state index contributed by atoms with van der Waals surface area (Å²) in [6, 6.07) is 7.75. The zero-order valence-electron chi connectivity index (χ0n) is 10.1. The summed E-state index contributed by atoms with van der Waals surface area (Å²) in [5.41, 5.74) is 0.686. The number of carbonyl (C=O) groups is 1. The molecule has 1 aromatic carbocycles. The van der Waals surface area contributed by atoms with E-state index in [1.807, 2.05) is 24.3 Å². The van der Waals surface area contributed by atoms with Crippen LogP contribution < -0.4 is 5.32 Å². The van der Waals surface area contributed by atoms with E-state index in [4.69, 9.17) is 16.3 Å². The number of hydrogen-bond donors (Lipinski definition) is 1. The van der Waals surface area contributed by atoms with Crippen molar-refractivity contribution in [3.05, 3.63) is 34.9 Å². The minimum absolute atomic E-state index is 0.0341. The maximum Gasteiger partial charge on any atom is 0.246 e. The summed E-state index contributed by atoms with van der Waals surface area (Å²) in [4.78, 5) is 11.7. The average molecular weight is 266 g/mol. The van der Waals surface area contributed by atoms with Crippen molar-refractivity contribution in [3.63, 3.8) is 0 Å². The monoisotopic (exact) mass is 265 g/mol. The largest absolute Gasteiger partial charge is 0.366 e. The van der Waals surface area contributed by atoms with Crippen molar-refractivity contribution in [1.29, 1.82) is 0 Å². The van der Waals surface area contributed by atoms with Crippen molar-refractivity contribution >= 4 is 17.5 Å². The van der Waals surface area contributed by atoms with Crippen LogP contribution in [0.3, 0.4) is 0 Å². The first kappa shape index (κ1) is 12.0. The third kappa shape index (κ3) is 1.91. The summed E-state index contributed by atoms with van der Waals surface area (Å²) in [5.74, 6) is -0.0341.